The molecule has 2 aromatic rings. The topological polar surface area (TPSA) is 74.2 Å². The third-order valence-electron chi connectivity index (χ3n) is 3.05. The van der Waals surface area contributed by atoms with Gasteiger partial charge in [-0.2, -0.15) is 5.26 Å². The van der Waals surface area contributed by atoms with Crippen LogP contribution >= 0.6 is 12.2 Å². The van der Waals surface area contributed by atoms with E-state index < -0.39 is 0 Å². The van der Waals surface area contributed by atoms with E-state index in [1.54, 1.807) is 43.5 Å². The van der Waals surface area contributed by atoms with E-state index in [0.29, 0.717) is 17.7 Å². The second-order valence-electron chi connectivity index (χ2n) is 4.67. The summed E-state index contributed by atoms with van der Waals surface area (Å²) >= 11 is 5.13. The predicted octanol–water partition coefficient (Wildman–Crippen LogP) is 2.89. The van der Waals surface area contributed by atoms with Crippen molar-refractivity contribution in [2.75, 3.05) is 12.4 Å². The van der Waals surface area contributed by atoms with E-state index in [0.717, 1.165) is 11.3 Å². The highest BCUT2D eigenvalue weighted by atomic mass is 32.1. The maximum Gasteiger partial charge on any atom is 0.257 e. The Morgan fingerprint density at radius 2 is 2.00 bits per heavy atom. The fourth-order valence-electron chi connectivity index (χ4n) is 1.90. The predicted molar refractivity (Wildman–Crippen MR) is 92.4 cm³/mol. The van der Waals surface area contributed by atoms with E-state index in [1.165, 1.54) is 0 Å². The molecule has 116 valence electrons. The molecule has 0 saturated carbocycles. The lowest BCUT2D eigenvalue weighted by Crippen LogP contribution is -2.34. The highest BCUT2D eigenvalue weighted by molar-refractivity contribution is 7.80. The molecule has 0 aliphatic carbocycles. The number of hydrogen-bond donors (Lipinski definition) is 2. The van der Waals surface area contributed by atoms with Crippen molar-refractivity contribution in [1.82, 2.24) is 5.32 Å². The van der Waals surface area contributed by atoms with Crippen molar-refractivity contribution < 1.29 is 9.53 Å². The number of nitrogens with one attached hydrogen (secondary N) is 2. The Labute approximate surface area is 139 Å². The van der Waals surface area contributed by atoms with Gasteiger partial charge in [-0.25, -0.2) is 0 Å². The number of amides is 1. The molecule has 0 aliphatic rings. The molecule has 2 N–H and O–H groups in total. The van der Waals surface area contributed by atoms with Gasteiger partial charge in [-0.05, 0) is 48.1 Å². The Morgan fingerprint density at radius 1 is 1.26 bits per heavy atom. The van der Waals surface area contributed by atoms with Gasteiger partial charge in [0, 0.05) is 11.3 Å². The zero-order chi connectivity index (χ0) is 16.7. The highest BCUT2D eigenvalue weighted by Gasteiger charge is 2.09. The van der Waals surface area contributed by atoms with Gasteiger partial charge < -0.3 is 10.1 Å². The summed E-state index contributed by atoms with van der Waals surface area (Å²) in [7, 11) is 1.54. The second kappa shape index (κ2) is 7.92. The molecule has 1 amide bonds. The molecular weight excluding hydrogens is 310 g/mol. The summed E-state index contributed by atoms with van der Waals surface area (Å²) in [4.78, 5) is 12.1. The molecule has 0 atom stereocenters. The highest BCUT2D eigenvalue weighted by Crippen LogP contribution is 2.13. The molecule has 0 fully saturated rings. The van der Waals surface area contributed by atoms with Crippen molar-refractivity contribution >= 4 is 28.9 Å². The van der Waals surface area contributed by atoms with Crippen molar-refractivity contribution in [3.8, 4) is 11.8 Å². The number of carbonyl (C=O) groups is 1. The zero-order valence-electron chi connectivity index (χ0n) is 12.5. The van der Waals surface area contributed by atoms with Crippen molar-refractivity contribution in [1.29, 1.82) is 5.26 Å². The van der Waals surface area contributed by atoms with Gasteiger partial charge in [0.15, 0.2) is 5.11 Å². The molecule has 0 bridgehead atoms. The Balaban J connectivity index is 1.96. The monoisotopic (exact) mass is 325 g/mol. The van der Waals surface area contributed by atoms with E-state index in [1.807, 2.05) is 12.1 Å². The number of anilines is 1. The van der Waals surface area contributed by atoms with Crippen LogP contribution in [0.25, 0.3) is 0 Å². The van der Waals surface area contributed by atoms with E-state index in [9.17, 15) is 4.79 Å². The fourth-order valence-corrected chi connectivity index (χ4v) is 2.11. The Hall–Kier alpha value is -2.91. The summed E-state index contributed by atoms with van der Waals surface area (Å²) in [6.07, 6.45) is 0.358. The molecule has 0 unspecified atom stereocenters. The van der Waals surface area contributed by atoms with Crippen molar-refractivity contribution in [3.63, 3.8) is 0 Å². The van der Waals surface area contributed by atoms with Gasteiger partial charge >= 0.3 is 0 Å². The first-order valence-corrected chi connectivity index (χ1v) is 7.25. The van der Waals surface area contributed by atoms with Crippen molar-refractivity contribution in [3.05, 3.63) is 59.7 Å². The van der Waals surface area contributed by atoms with Crippen molar-refractivity contribution in [2.24, 2.45) is 0 Å². The number of rotatable bonds is 4. The third-order valence-corrected chi connectivity index (χ3v) is 3.26. The minimum atomic E-state index is -0.317. The van der Waals surface area contributed by atoms with Crippen LogP contribution in [0, 0.1) is 11.3 Å². The van der Waals surface area contributed by atoms with Crippen LogP contribution in [0.3, 0.4) is 0 Å². The maximum absolute atomic E-state index is 12.1. The first kappa shape index (κ1) is 16.5. The van der Waals surface area contributed by atoms with Crippen LogP contribution in [0.5, 0.6) is 5.75 Å². The molecule has 0 saturated heterocycles. The maximum atomic E-state index is 12.1. The quantitative estimate of drug-likeness (QED) is 0.846. The molecule has 6 heteroatoms. The van der Waals surface area contributed by atoms with Crippen LogP contribution in [-0.2, 0) is 6.42 Å². The summed E-state index contributed by atoms with van der Waals surface area (Å²) in [5.74, 6) is 0.284. The summed E-state index contributed by atoms with van der Waals surface area (Å²) in [5, 5.41) is 14.4. The fraction of sp³-hybridized carbons (Fsp3) is 0.118. The minimum Gasteiger partial charge on any atom is -0.497 e. The molecule has 0 aliphatic heterocycles. The average Bonchev–Trinajstić information content (AvgIpc) is 2.57. The first-order valence-electron chi connectivity index (χ1n) is 6.84. The van der Waals surface area contributed by atoms with E-state index in [-0.39, 0.29) is 11.0 Å². The van der Waals surface area contributed by atoms with Gasteiger partial charge in [0.05, 0.1) is 19.6 Å². The van der Waals surface area contributed by atoms with Crippen LogP contribution in [-0.4, -0.2) is 18.1 Å². The molecule has 23 heavy (non-hydrogen) atoms. The van der Waals surface area contributed by atoms with Gasteiger partial charge in [-0.15, -0.1) is 0 Å². The number of carbonyl (C=O) groups excluding carboxylic acids is 1. The number of thiocarbonyl (C=S) groups is 1. The lowest BCUT2D eigenvalue weighted by molar-refractivity contribution is 0.0977. The third kappa shape index (κ3) is 4.80. The van der Waals surface area contributed by atoms with Gasteiger partial charge in [0.25, 0.3) is 5.91 Å². The van der Waals surface area contributed by atoms with Gasteiger partial charge in [-0.3, -0.25) is 10.1 Å². The molecule has 2 aromatic carbocycles. The Morgan fingerprint density at radius 3 is 2.65 bits per heavy atom. The SMILES string of the molecule is COc1cccc(C(=O)NC(=S)Nc2ccc(CC#N)cc2)c1. The van der Waals surface area contributed by atoms with Gasteiger partial charge in [-0.1, -0.05) is 18.2 Å². The number of methoxy groups -OCH3 is 1. The lowest BCUT2D eigenvalue weighted by Gasteiger charge is -2.10. The van der Waals surface area contributed by atoms with Crippen LogP contribution < -0.4 is 15.4 Å². The summed E-state index contributed by atoms with van der Waals surface area (Å²) in [6.45, 7) is 0. The summed E-state index contributed by atoms with van der Waals surface area (Å²) in [6, 6.07) is 16.2. The van der Waals surface area contributed by atoms with Crippen LogP contribution in [0.15, 0.2) is 48.5 Å². The van der Waals surface area contributed by atoms with E-state index in [4.69, 9.17) is 22.2 Å². The van der Waals surface area contributed by atoms with Gasteiger partial charge in [0.2, 0.25) is 0 Å². The largest absolute Gasteiger partial charge is 0.497 e. The molecule has 0 radical (unpaired) electrons. The number of hydrogen-bond acceptors (Lipinski definition) is 4. The Bertz CT molecular complexity index is 751. The summed E-state index contributed by atoms with van der Waals surface area (Å²) in [5.41, 5.74) is 2.12. The molecule has 5 nitrogen and oxygen atoms in total. The van der Waals surface area contributed by atoms with E-state index >= 15 is 0 Å². The number of ether oxygens (including phenoxy) is 1. The van der Waals surface area contributed by atoms with Crippen molar-refractivity contribution in [2.45, 2.75) is 6.42 Å². The normalized spacial score (nSPS) is 9.57. The first-order chi connectivity index (χ1) is 11.1. The average molecular weight is 325 g/mol. The standard InChI is InChI=1S/C17H15N3O2S/c1-22-15-4-2-3-13(11-15)16(21)20-17(23)19-14-7-5-12(6-8-14)9-10-18/h2-8,11H,9H2,1H3,(H2,19,20,21,23). The van der Waals surface area contributed by atoms with Crippen LogP contribution in [0.4, 0.5) is 5.69 Å². The number of nitrogens with zero attached hydrogens (tertiary/aromatic N) is 1. The zero-order valence-corrected chi connectivity index (χ0v) is 13.3. The number of nitriles is 1. The summed E-state index contributed by atoms with van der Waals surface area (Å²) < 4.78 is 5.09. The smallest absolute Gasteiger partial charge is 0.257 e. The van der Waals surface area contributed by atoms with Gasteiger partial charge in [0.1, 0.15) is 5.75 Å². The van der Waals surface area contributed by atoms with E-state index in [2.05, 4.69) is 16.7 Å². The second-order valence-corrected chi connectivity index (χ2v) is 5.08. The lowest BCUT2D eigenvalue weighted by atomic mass is 10.1. The Kier molecular flexibility index (Phi) is 5.67. The van der Waals surface area contributed by atoms with Crippen LogP contribution in [0.1, 0.15) is 15.9 Å². The molecule has 0 aromatic heterocycles. The van der Waals surface area contributed by atoms with Crippen LogP contribution in [0.2, 0.25) is 0 Å². The molecule has 0 heterocycles. The minimum absolute atomic E-state index is 0.200. The molecule has 2 rings (SSSR count). The number of benzene rings is 2. The molecule has 0 spiro atoms. The molecular formula is C17H15N3O2S.